The molecule has 0 spiro atoms. The van der Waals surface area contributed by atoms with Crippen LogP contribution in [0, 0.1) is 11.3 Å². The molecule has 0 bridgehead atoms. The zero-order chi connectivity index (χ0) is 17.8. The summed E-state index contributed by atoms with van der Waals surface area (Å²) in [5.74, 6) is 1.47. The van der Waals surface area contributed by atoms with Crippen molar-refractivity contribution in [3.05, 3.63) is 0 Å². The maximum atomic E-state index is 5.82. The molecule has 0 aliphatic heterocycles. The largest absolute Gasteiger partial charge is 0.385 e. The highest BCUT2D eigenvalue weighted by Gasteiger charge is 2.36. The fraction of sp³-hybridized carbons (Fsp3) is 0.947. The maximum absolute atomic E-state index is 5.82. The Labute approximate surface area is 172 Å². The van der Waals surface area contributed by atoms with E-state index in [0.29, 0.717) is 17.4 Å². The molecule has 25 heavy (non-hydrogen) atoms. The zero-order valence-corrected chi connectivity index (χ0v) is 19.2. The van der Waals surface area contributed by atoms with Gasteiger partial charge in [0.2, 0.25) is 0 Å². The molecule has 0 aromatic carbocycles. The van der Waals surface area contributed by atoms with Gasteiger partial charge in [-0.15, -0.1) is 24.0 Å². The van der Waals surface area contributed by atoms with Crippen LogP contribution in [0.4, 0.5) is 0 Å². The van der Waals surface area contributed by atoms with Gasteiger partial charge in [-0.2, -0.15) is 0 Å². The van der Waals surface area contributed by atoms with E-state index in [1.54, 1.807) is 7.11 Å². The van der Waals surface area contributed by atoms with Crippen molar-refractivity contribution in [3.8, 4) is 0 Å². The van der Waals surface area contributed by atoms with E-state index in [1.807, 2.05) is 0 Å². The summed E-state index contributed by atoms with van der Waals surface area (Å²) >= 11 is 0. The van der Waals surface area contributed by atoms with Crippen molar-refractivity contribution in [1.29, 1.82) is 0 Å². The van der Waals surface area contributed by atoms with E-state index < -0.39 is 0 Å². The van der Waals surface area contributed by atoms with Gasteiger partial charge in [0.1, 0.15) is 0 Å². The summed E-state index contributed by atoms with van der Waals surface area (Å²) in [6.45, 7) is 12.9. The first-order valence-electron chi connectivity index (χ1n) is 9.69. The molecule has 0 aromatic heterocycles. The zero-order valence-electron chi connectivity index (χ0n) is 16.9. The highest BCUT2D eigenvalue weighted by Crippen LogP contribution is 2.44. The Bertz CT molecular complexity index is 361. The van der Waals surface area contributed by atoms with Crippen LogP contribution in [0.3, 0.4) is 0 Å². The fourth-order valence-electron chi connectivity index (χ4n) is 3.23. The molecular formula is C19H40IN3O2. The lowest BCUT2D eigenvalue weighted by atomic mass is 9.67. The van der Waals surface area contributed by atoms with Gasteiger partial charge in [-0.05, 0) is 50.9 Å². The number of ether oxygens (including phenoxy) is 2. The van der Waals surface area contributed by atoms with E-state index in [4.69, 9.17) is 14.5 Å². The van der Waals surface area contributed by atoms with Gasteiger partial charge in [0.15, 0.2) is 5.96 Å². The topological polar surface area (TPSA) is 54.9 Å². The van der Waals surface area contributed by atoms with Crippen LogP contribution >= 0.6 is 24.0 Å². The number of hydrogen-bond acceptors (Lipinski definition) is 3. The minimum Gasteiger partial charge on any atom is -0.385 e. The third kappa shape index (κ3) is 9.43. The Morgan fingerprint density at radius 3 is 2.40 bits per heavy atom. The molecule has 2 N–H and O–H groups in total. The fourth-order valence-corrected chi connectivity index (χ4v) is 3.23. The van der Waals surface area contributed by atoms with E-state index in [2.05, 4.69) is 38.3 Å². The van der Waals surface area contributed by atoms with Crippen molar-refractivity contribution < 1.29 is 9.47 Å². The van der Waals surface area contributed by atoms with Crippen LogP contribution < -0.4 is 10.6 Å². The van der Waals surface area contributed by atoms with Gasteiger partial charge in [-0.1, -0.05) is 20.3 Å². The smallest absolute Gasteiger partial charge is 0.191 e. The Kier molecular flexibility index (Phi) is 14.0. The number of methoxy groups -OCH3 is 1. The molecule has 1 saturated carbocycles. The molecular weight excluding hydrogens is 429 g/mol. The molecule has 0 aromatic rings. The number of rotatable bonds is 12. The lowest BCUT2D eigenvalue weighted by Gasteiger charge is -2.40. The predicted molar refractivity (Wildman–Crippen MR) is 117 cm³/mol. The molecule has 1 fully saturated rings. The highest BCUT2D eigenvalue weighted by molar-refractivity contribution is 14.0. The van der Waals surface area contributed by atoms with Crippen molar-refractivity contribution in [2.24, 2.45) is 16.3 Å². The predicted octanol–water partition coefficient (Wildman–Crippen LogP) is 3.82. The normalized spacial score (nSPS) is 17.6. The summed E-state index contributed by atoms with van der Waals surface area (Å²) in [6, 6.07) is 0. The van der Waals surface area contributed by atoms with Crippen LogP contribution in [0.25, 0.3) is 0 Å². The van der Waals surface area contributed by atoms with Gasteiger partial charge in [0.25, 0.3) is 0 Å². The Morgan fingerprint density at radius 2 is 1.92 bits per heavy atom. The van der Waals surface area contributed by atoms with E-state index >= 15 is 0 Å². The molecule has 150 valence electrons. The van der Waals surface area contributed by atoms with Gasteiger partial charge in [-0.3, -0.25) is 4.99 Å². The van der Waals surface area contributed by atoms with Crippen molar-refractivity contribution in [2.75, 3.05) is 40.0 Å². The van der Waals surface area contributed by atoms with Gasteiger partial charge in [-0.25, -0.2) is 0 Å². The lowest BCUT2D eigenvalue weighted by molar-refractivity contribution is 0.0258. The highest BCUT2D eigenvalue weighted by atomic mass is 127. The lowest BCUT2D eigenvalue weighted by Crippen LogP contribution is -2.41. The minimum atomic E-state index is 0. The van der Waals surface area contributed by atoms with Crippen LogP contribution in [0.2, 0.25) is 0 Å². The molecule has 1 aliphatic carbocycles. The number of aliphatic imine (C=N–C) groups is 1. The average molecular weight is 469 g/mol. The Hall–Kier alpha value is -0.0800. The molecule has 5 nitrogen and oxygen atoms in total. The van der Waals surface area contributed by atoms with Crippen LogP contribution in [0.5, 0.6) is 0 Å². The van der Waals surface area contributed by atoms with Crippen molar-refractivity contribution in [2.45, 2.75) is 65.9 Å². The van der Waals surface area contributed by atoms with Crippen LogP contribution in [-0.2, 0) is 9.47 Å². The molecule has 6 heteroatoms. The number of halogens is 1. The molecule has 0 radical (unpaired) electrons. The summed E-state index contributed by atoms with van der Waals surface area (Å²) in [5.41, 5.74) is 0.365. The standard InChI is InChI=1S/C19H39N3O2.HI/c1-6-20-18(21-13-9-17(16(3)4)24-7-2)22-15-19(10-8-11-19)12-14-23-5;/h16-17H,6-15H2,1-5H3,(H2,20,21,22);1H. The second kappa shape index (κ2) is 14.0. The van der Waals surface area contributed by atoms with Gasteiger partial charge in [0.05, 0.1) is 6.10 Å². The molecule has 0 amide bonds. The summed E-state index contributed by atoms with van der Waals surface area (Å²) in [4.78, 5) is 4.85. The first-order valence-corrected chi connectivity index (χ1v) is 9.69. The molecule has 0 saturated heterocycles. The minimum absolute atomic E-state index is 0. The average Bonchev–Trinajstić information content (AvgIpc) is 2.52. The van der Waals surface area contributed by atoms with Gasteiger partial charge in [0, 0.05) is 40.0 Å². The molecule has 0 heterocycles. The monoisotopic (exact) mass is 469 g/mol. The molecule has 1 rings (SSSR count). The summed E-state index contributed by atoms with van der Waals surface area (Å²) in [7, 11) is 1.78. The molecule has 1 atom stereocenters. The van der Waals surface area contributed by atoms with Crippen molar-refractivity contribution in [1.82, 2.24) is 10.6 Å². The second-order valence-corrected chi connectivity index (χ2v) is 7.24. The number of nitrogens with zero attached hydrogens (tertiary/aromatic N) is 1. The maximum Gasteiger partial charge on any atom is 0.191 e. The molecule has 1 aliphatic rings. The summed E-state index contributed by atoms with van der Waals surface area (Å²) in [5, 5.41) is 6.83. The Balaban J connectivity index is 0.00000576. The van der Waals surface area contributed by atoms with E-state index in [9.17, 15) is 0 Å². The summed E-state index contributed by atoms with van der Waals surface area (Å²) < 4.78 is 11.1. The number of guanidine groups is 1. The van der Waals surface area contributed by atoms with Crippen LogP contribution in [0.1, 0.15) is 59.8 Å². The Morgan fingerprint density at radius 1 is 1.20 bits per heavy atom. The van der Waals surface area contributed by atoms with Gasteiger partial charge < -0.3 is 20.1 Å². The second-order valence-electron chi connectivity index (χ2n) is 7.24. The summed E-state index contributed by atoms with van der Waals surface area (Å²) in [6.07, 6.45) is 6.31. The number of hydrogen-bond donors (Lipinski definition) is 2. The third-order valence-electron chi connectivity index (χ3n) is 5.01. The van der Waals surface area contributed by atoms with Crippen molar-refractivity contribution in [3.63, 3.8) is 0 Å². The number of nitrogens with one attached hydrogen (secondary N) is 2. The third-order valence-corrected chi connectivity index (χ3v) is 5.01. The van der Waals surface area contributed by atoms with Crippen LogP contribution in [0.15, 0.2) is 4.99 Å². The van der Waals surface area contributed by atoms with E-state index in [1.165, 1.54) is 19.3 Å². The quantitative estimate of drug-likeness (QED) is 0.259. The van der Waals surface area contributed by atoms with Crippen LogP contribution in [-0.4, -0.2) is 52.0 Å². The first kappa shape index (κ1) is 24.9. The first-order chi connectivity index (χ1) is 11.6. The van der Waals surface area contributed by atoms with E-state index in [-0.39, 0.29) is 24.0 Å². The van der Waals surface area contributed by atoms with Crippen molar-refractivity contribution >= 4 is 29.9 Å². The van der Waals surface area contributed by atoms with E-state index in [0.717, 1.165) is 51.6 Å². The molecule has 1 unspecified atom stereocenters. The SMILES string of the molecule is CCNC(=NCC1(CCOC)CCC1)NCCC(OCC)C(C)C.I. The van der Waals surface area contributed by atoms with Gasteiger partial charge >= 0.3 is 0 Å².